The van der Waals surface area contributed by atoms with Crippen LogP contribution < -0.4 is 21.3 Å². The van der Waals surface area contributed by atoms with E-state index in [1.54, 1.807) is 19.9 Å². The van der Waals surface area contributed by atoms with Gasteiger partial charge in [0, 0.05) is 18.8 Å². The summed E-state index contributed by atoms with van der Waals surface area (Å²) >= 11 is 0. The molecule has 8 nitrogen and oxygen atoms in total. The molecule has 0 atom stereocenters. The number of nitrogens with zero attached hydrogens (tertiary/aromatic N) is 3. The van der Waals surface area contributed by atoms with E-state index in [4.69, 9.17) is 4.74 Å². The highest BCUT2D eigenvalue weighted by Gasteiger charge is 2.20. The van der Waals surface area contributed by atoms with Gasteiger partial charge in [-0.3, -0.25) is 14.2 Å². The molecule has 146 valence electrons. The Morgan fingerprint density at radius 2 is 2.00 bits per heavy atom. The van der Waals surface area contributed by atoms with Crippen LogP contribution in [-0.2, 0) is 18.4 Å². The minimum Gasteiger partial charge on any atom is -0.493 e. The first-order valence-corrected chi connectivity index (χ1v) is 8.61. The lowest BCUT2D eigenvalue weighted by Crippen LogP contribution is -2.42. The van der Waals surface area contributed by atoms with Crippen LogP contribution in [0.1, 0.15) is 12.5 Å². The topological polar surface area (TPSA) is 95.2 Å². The summed E-state index contributed by atoms with van der Waals surface area (Å²) in [6.45, 7) is 3.25. The predicted octanol–water partition coefficient (Wildman–Crippen LogP) is 1.58. The second kappa shape index (κ2) is 7.63. The van der Waals surface area contributed by atoms with Gasteiger partial charge in [-0.2, -0.15) is 0 Å². The molecule has 0 saturated heterocycles. The first kappa shape index (κ1) is 19.3. The standard InChI is InChI=1S/C19H19FN4O4/c1-4-28-16-11(2)9-21-17-15(16)18(26)24(19(27)23(17)3)10-14(25)22-13-8-6-5-7-12(13)20/h5-9H,4,10H2,1-3H3,(H,22,25). The molecule has 0 unspecified atom stereocenters. The van der Waals surface area contributed by atoms with Gasteiger partial charge in [0.2, 0.25) is 5.91 Å². The van der Waals surface area contributed by atoms with Crippen LogP contribution >= 0.6 is 0 Å². The van der Waals surface area contributed by atoms with Gasteiger partial charge in [-0.25, -0.2) is 18.7 Å². The maximum Gasteiger partial charge on any atom is 0.332 e. The highest BCUT2D eigenvalue weighted by atomic mass is 19.1. The molecule has 2 heterocycles. The number of pyridine rings is 1. The molecule has 0 fully saturated rings. The zero-order valence-electron chi connectivity index (χ0n) is 15.7. The van der Waals surface area contributed by atoms with Crippen LogP contribution in [-0.4, -0.2) is 26.6 Å². The van der Waals surface area contributed by atoms with Crippen molar-refractivity contribution in [1.29, 1.82) is 0 Å². The van der Waals surface area contributed by atoms with E-state index in [2.05, 4.69) is 10.3 Å². The summed E-state index contributed by atoms with van der Waals surface area (Å²) in [6.07, 6.45) is 1.52. The van der Waals surface area contributed by atoms with Crippen LogP contribution in [0.15, 0.2) is 40.1 Å². The van der Waals surface area contributed by atoms with E-state index >= 15 is 0 Å². The molecule has 0 aliphatic carbocycles. The third kappa shape index (κ3) is 3.38. The molecule has 0 radical (unpaired) electrons. The number of rotatable bonds is 5. The van der Waals surface area contributed by atoms with Crippen molar-refractivity contribution in [2.75, 3.05) is 11.9 Å². The maximum absolute atomic E-state index is 13.7. The molecule has 0 saturated carbocycles. The number of ether oxygens (including phenoxy) is 1. The molecular weight excluding hydrogens is 367 g/mol. The van der Waals surface area contributed by atoms with Crippen molar-refractivity contribution in [1.82, 2.24) is 14.1 Å². The van der Waals surface area contributed by atoms with Crippen LogP contribution in [0.25, 0.3) is 11.0 Å². The van der Waals surface area contributed by atoms with Gasteiger partial charge in [0.25, 0.3) is 5.56 Å². The van der Waals surface area contributed by atoms with Gasteiger partial charge in [0.05, 0.1) is 12.3 Å². The smallest absolute Gasteiger partial charge is 0.332 e. The summed E-state index contributed by atoms with van der Waals surface area (Å²) in [7, 11) is 1.45. The number of benzene rings is 1. The molecular formula is C19H19FN4O4. The number of fused-ring (bicyclic) bond motifs is 1. The molecule has 28 heavy (non-hydrogen) atoms. The Labute approximate surface area is 159 Å². The summed E-state index contributed by atoms with van der Waals surface area (Å²) in [5.41, 5.74) is -0.644. The van der Waals surface area contributed by atoms with Crippen LogP contribution in [0.5, 0.6) is 5.75 Å². The first-order valence-electron chi connectivity index (χ1n) is 8.61. The van der Waals surface area contributed by atoms with Crippen molar-refractivity contribution >= 4 is 22.6 Å². The first-order chi connectivity index (χ1) is 13.3. The molecule has 0 aliphatic heterocycles. The number of hydrogen-bond donors (Lipinski definition) is 1. The molecule has 1 amide bonds. The third-order valence-electron chi connectivity index (χ3n) is 4.22. The predicted molar refractivity (Wildman–Crippen MR) is 102 cm³/mol. The van der Waals surface area contributed by atoms with E-state index in [0.717, 1.165) is 4.57 Å². The van der Waals surface area contributed by atoms with E-state index < -0.39 is 29.5 Å². The number of amides is 1. The quantitative estimate of drug-likeness (QED) is 0.718. The zero-order valence-corrected chi connectivity index (χ0v) is 15.7. The Bertz CT molecular complexity index is 1180. The third-order valence-corrected chi connectivity index (χ3v) is 4.22. The second-order valence-corrected chi connectivity index (χ2v) is 6.16. The van der Waals surface area contributed by atoms with Gasteiger partial charge in [0.15, 0.2) is 5.65 Å². The zero-order chi connectivity index (χ0) is 20.4. The molecule has 1 aromatic carbocycles. The monoisotopic (exact) mass is 386 g/mol. The summed E-state index contributed by atoms with van der Waals surface area (Å²) in [4.78, 5) is 42.1. The number of carbonyl (C=O) groups is 1. The lowest BCUT2D eigenvalue weighted by Gasteiger charge is -2.14. The normalized spacial score (nSPS) is 10.9. The van der Waals surface area contributed by atoms with Gasteiger partial charge in [-0.15, -0.1) is 0 Å². The van der Waals surface area contributed by atoms with Crippen LogP contribution in [0, 0.1) is 12.7 Å². The van der Waals surface area contributed by atoms with Crippen LogP contribution in [0.4, 0.5) is 10.1 Å². The highest BCUT2D eigenvalue weighted by molar-refractivity contribution is 5.91. The minimum absolute atomic E-state index is 0.0364. The number of nitrogens with one attached hydrogen (secondary N) is 1. The van der Waals surface area contributed by atoms with Gasteiger partial charge < -0.3 is 10.1 Å². The van der Waals surface area contributed by atoms with Crippen molar-refractivity contribution < 1.29 is 13.9 Å². The van der Waals surface area contributed by atoms with Gasteiger partial charge in [-0.1, -0.05) is 12.1 Å². The van der Waals surface area contributed by atoms with Crippen molar-refractivity contribution in [3.8, 4) is 5.75 Å². The van der Waals surface area contributed by atoms with Gasteiger partial charge in [0.1, 0.15) is 23.5 Å². The molecule has 3 aromatic rings. The Balaban J connectivity index is 2.10. The second-order valence-electron chi connectivity index (χ2n) is 6.16. The molecule has 9 heteroatoms. The summed E-state index contributed by atoms with van der Waals surface area (Å²) in [5, 5.41) is 2.48. The fraction of sp³-hybridized carbons (Fsp3) is 0.263. The maximum atomic E-state index is 13.7. The number of halogens is 1. The molecule has 0 spiro atoms. The lowest BCUT2D eigenvalue weighted by molar-refractivity contribution is -0.116. The van der Waals surface area contributed by atoms with E-state index in [9.17, 15) is 18.8 Å². The van der Waals surface area contributed by atoms with E-state index in [-0.39, 0.29) is 16.7 Å². The average molecular weight is 386 g/mol. The number of aromatic nitrogens is 3. The van der Waals surface area contributed by atoms with Crippen LogP contribution in [0.2, 0.25) is 0 Å². The summed E-state index contributed by atoms with van der Waals surface area (Å²) in [5.74, 6) is -1.01. The molecule has 3 rings (SSSR count). The summed E-state index contributed by atoms with van der Waals surface area (Å²) in [6, 6.07) is 5.62. The molecule has 0 bridgehead atoms. The Morgan fingerprint density at radius 3 is 2.68 bits per heavy atom. The number of anilines is 1. The Kier molecular flexibility index (Phi) is 5.25. The van der Waals surface area contributed by atoms with Crippen LogP contribution in [0.3, 0.4) is 0 Å². The minimum atomic E-state index is -0.708. The van der Waals surface area contributed by atoms with Gasteiger partial charge in [-0.05, 0) is 26.0 Å². The van der Waals surface area contributed by atoms with Crippen molar-refractivity contribution in [2.24, 2.45) is 7.05 Å². The van der Waals surface area contributed by atoms with Crippen molar-refractivity contribution in [3.63, 3.8) is 0 Å². The van der Waals surface area contributed by atoms with Gasteiger partial charge >= 0.3 is 5.69 Å². The largest absolute Gasteiger partial charge is 0.493 e. The van der Waals surface area contributed by atoms with Crippen molar-refractivity contribution in [2.45, 2.75) is 20.4 Å². The number of aryl methyl sites for hydroxylation is 2. The Hall–Kier alpha value is -3.49. The Morgan fingerprint density at radius 1 is 1.29 bits per heavy atom. The fourth-order valence-electron chi connectivity index (χ4n) is 2.89. The number of carbonyl (C=O) groups excluding carboxylic acids is 1. The highest BCUT2D eigenvalue weighted by Crippen LogP contribution is 2.24. The van der Waals surface area contributed by atoms with E-state index in [1.807, 2.05) is 0 Å². The molecule has 0 aliphatic rings. The fourth-order valence-corrected chi connectivity index (χ4v) is 2.89. The lowest BCUT2D eigenvalue weighted by atomic mass is 10.2. The molecule has 1 N–H and O–H groups in total. The van der Waals surface area contributed by atoms with Crippen molar-refractivity contribution in [3.05, 3.63) is 62.7 Å². The van der Waals surface area contributed by atoms with E-state index in [1.165, 1.54) is 36.0 Å². The number of para-hydroxylation sites is 1. The van der Waals surface area contributed by atoms with E-state index in [0.29, 0.717) is 17.9 Å². The number of hydrogen-bond acceptors (Lipinski definition) is 5. The average Bonchev–Trinajstić information content (AvgIpc) is 2.67. The SMILES string of the molecule is CCOc1c(C)cnc2c1c(=O)n(CC(=O)Nc1ccccc1F)c(=O)n2C. The summed E-state index contributed by atoms with van der Waals surface area (Å²) < 4.78 is 21.3. The molecule has 2 aromatic heterocycles.